The van der Waals surface area contributed by atoms with E-state index in [9.17, 15) is 9.59 Å². The van der Waals surface area contributed by atoms with E-state index in [1.165, 1.54) is 4.88 Å². The largest absolute Gasteiger partial charge is 0.478 e. The van der Waals surface area contributed by atoms with Crippen molar-refractivity contribution in [3.05, 3.63) is 28.0 Å². The minimum Gasteiger partial charge on any atom is -0.478 e. The van der Waals surface area contributed by atoms with Crippen LogP contribution in [-0.2, 0) is 16.1 Å². The Hall–Kier alpha value is -1.66. The van der Waals surface area contributed by atoms with Crippen LogP contribution in [0.5, 0.6) is 0 Å². The zero-order valence-electron chi connectivity index (χ0n) is 12.3. The van der Waals surface area contributed by atoms with Gasteiger partial charge in [0.2, 0.25) is 5.91 Å². The van der Waals surface area contributed by atoms with Gasteiger partial charge in [-0.2, -0.15) is 0 Å². The molecule has 5 nitrogen and oxygen atoms in total. The molecule has 114 valence electrons. The lowest BCUT2D eigenvalue weighted by molar-refractivity contribution is -0.131. The topological polar surface area (TPSA) is 69.6 Å². The van der Waals surface area contributed by atoms with E-state index in [4.69, 9.17) is 5.11 Å². The van der Waals surface area contributed by atoms with Crippen molar-refractivity contribution in [2.45, 2.75) is 19.9 Å². The minimum atomic E-state index is -0.939. The van der Waals surface area contributed by atoms with Crippen molar-refractivity contribution in [1.82, 2.24) is 10.2 Å². The van der Waals surface area contributed by atoms with Crippen molar-refractivity contribution in [2.24, 2.45) is 5.41 Å². The van der Waals surface area contributed by atoms with Crippen molar-refractivity contribution < 1.29 is 14.7 Å². The maximum atomic E-state index is 11.9. The summed E-state index contributed by atoms with van der Waals surface area (Å²) in [6.07, 6.45) is 3.62. The lowest BCUT2D eigenvalue weighted by atomic mass is 9.89. The molecular formula is C15H20N2O3S. The van der Waals surface area contributed by atoms with Crippen LogP contribution in [0, 0.1) is 5.41 Å². The van der Waals surface area contributed by atoms with Gasteiger partial charge in [0, 0.05) is 36.0 Å². The highest BCUT2D eigenvalue weighted by Gasteiger charge is 2.39. The number of hydrogen-bond acceptors (Lipinski definition) is 4. The Bertz CT molecular complexity index is 567. The lowest BCUT2D eigenvalue weighted by Crippen LogP contribution is -2.39. The summed E-state index contributed by atoms with van der Waals surface area (Å²) in [6, 6.07) is 3.94. The SMILES string of the molecule is CNC(=O)C1(C)CCN(Cc2ccc(/C=C/C(=O)O)s2)C1. The fourth-order valence-electron chi connectivity index (χ4n) is 2.62. The number of carboxylic acids is 1. The molecule has 0 radical (unpaired) electrons. The number of thiophene rings is 1. The molecule has 1 unspecified atom stereocenters. The zero-order valence-corrected chi connectivity index (χ0v) is 13.1. The Kier molecular flexibility index (Phi) is 4.80. The fraction of sp³-hybridized carbons (Fsp3) is 0.467. The highest BCUT2D eigenvalue weighted by molar-refractivity contribution is 7.12. The maximum Gasteiger partial charge on any atom is 0.328 e. The molecule has 1 amide bonds. The summed E-state index contributed by atoms with van der Waals surface area (Å²) in [5.41, 5.74) is -0.307. The van der Waals surface area contributed by atoms with E-state index in [1.807, 2.05) is 19.1 Å². The second kappa shape index (κ2) is 6.41. The van der Waals surface area contributed by atoms with Crippen LogP contribution in [0.15, 0.2) is 18.2 Å². The van der Waals surface area contributed by atoms with Crippen LogP contribution in [0.3, 0.4) is 0 Å². The molecule has 2 N–H and O–H groups in total. The van der Waals surface area contributed by atoms with Crippen molar-refractivity contribution in [3.63, 3.8) is 0 Å². The van der Waals surface area contributed by atoms with Crippen LogP contribution in [0.25, 0.3) is 6.08 Å². The number of likely N-dealkylation sites (tertiary alicyclic amines) is 1. The quantitative estimate of drug-likeness (QED) is 0.814. The van der Waals surface area contributed by atoms with Gasteiger partial charge in [-0.25, -0.2) is 4.79 Å². The van der Waals surface area contributed by atoms with E-state index in [0.717, 1.165) is 37.0 Å². The van der Waals surface area contributed by atoms with Gasteiger partial charge in [-0.1, -0.05) is 0 Å². The van der Waals surface area contributed by atoms with Crippen LogP contribution < -0.4 is 5.32 Å². The highest BCUT2D eigenvalue weighted by Crippen LogP contribution is 2.32. The van der Waals surface area contributed by atoms with Gasteiger partial charge < -0.3 is 10.4 Å². The third-order valence-electron chi connectivity index (χ3n) is 3.78. The normalized spacial score (nSPS) is 22.8. The van der Waals surface area contributed by atoms with Crippen molar-refractivity contribution in [2.75, 3.05) is 20.1 Å². The molecule has 0 aromatic carbocycles. The Morgan fingerprint density at radius 3 is 2.95 bits per heavy atom. The highest BCUT2D eigenvalue weighted by atomic mass is 32.1. The average Bonchev–Trinajstić information content (AvgIpc) is 3.04. The number of nitrogens with zero attached hydrogens (tertiary/aromatic N) is 1. The molecular weight excluding hydrogens is 288 g/mol. The zero-order chi connectivity index (χ0) is 15.5. The van der Waals surface area contributed by atoms with Gasteiger partial charge in [0.1, 0.15) is 0 Å². The van der Waals surface area contributed by atoms with Gasteiger partial charge in [-0.15, -0.1) is 11.3 Å². The van der Waals surface area contributed by atoms with Gasteiger partial charge in [0.05, 0.1) is 5.41 Å². The summed E-state index contributed by atoms with van der Waals surface area (Å²) in [4.78, 5) is 26.8. The van der Waals surface area contributed by atoms with E-state index in [0.29, 0.717) is 0 Å². The lowest BCUT2D eigenvalue weighted by Gasteiger charge is -2.22. The molecule has 1 aromatic rings. The summed E-state index contributed by atoms with van der Waals surface area (Å²) >= 11 is 1.58. The Morgan fingerprint density at radius 2 is 2.29 bits per heavy atom. The molecule has 1 aliphatic rings. The third-order valence-corrected chi connectivity index (χ3v) is 4.81. The second-order valence-electron chi connectivity index (χ2n) is 5.58. The molecule has 2 heterocycles. The number of rotatable bonds is 5. The number of nitrogens with one attached hydrogen (secondary N) is 1. The van der Waals surface area contributed by atoms with E-state index < -0.39 is 5.97 Å². The Balaban J connectivity index is 1.95. The molecule has 1 aromatic heterocycles. The van der Waals surface area contributed by atoms with Gasteiger partial charge in [0.25, 0.3) is 0 Å². The summed E-state index contributed by atoms with van der Waals surface area (Å²) in [5.74, 6) is -0.841. The molecule has 1 saturated heterocycles. The first kappa shape index (κ1) is 15.7. The van der Waals surface area contributed by atoms with Crippen molar-refractivity contribution in [3.8, 4) is 0 Å². The van der Waals surface area contributed by atoms with Crippen LogP contribution in [0.4, 0.5) is 0 Å². The first-order chi connectivity index (χ1) is 9.93. The monoisotopic (exact) mass is 308 g/mol. The molecule has 0 spiro atoms. The molecule has 0 aliphatic carbocycles. The molecule has 21 heavy (non-hydrogen) atoms. The maximum absolute atomic E-state index is 11.9. The standard InChI is InChI=1S/C15H20N2O3S/c1-15(14(20)16-2)7-8-17(10-15)9-12-4-3-11(21-12)5-6-13(18)19/h3-6H,7-10H2,1-2H3,(H,16,20)(H,18,19)/b6-5+. The smallest absolute Gasteiger partial charge is 0.328 e. The van der Waals surface area contributed by atoms with Crippen molar-refractivity contribution in [1.29, 1.82) is 0 Å². The van der Waals surface area contributed by atoms with E-state index in [-0.39, 0.29) is 11.3 Å². The molecule has 1 aliphatic heterocycles. The van der Waals surface area contributed by atoms with Crippen LogP contribution in [0.2, 0.25) is 0 Å². The van der Waals surface area contributed by atoms with Crippen LogP contribution in [0.1, 0.15) is 23.1 Å². The number of hydrogen-bond donors (Lipinski definition) is 2. The van der Waals surface area contributed by atoms with Gasteiger partial charge in [0.15, 0.2) is 0 Å². The first-order valence-corrected chi connectivity index (χ1v) is 7.69. The van der Waals surface area contributed by atoms with E-state index in [2.05, 4.69) is 10.2 Å². The van der Waals surface area contributed by atoms with Gasteiger partial charge in [-0.3, -0.25) is 9.69 Å². The number of carbonyl (C=O) groups excluding carboxylic acids is 1. The molecule has 6 heteroatoms. The molecule has 1 fully saturated rings. The number of carbonyl (C=O) groups is 2. The van der Waals surface area contributed by atoms with E-state index >= 15 is 0 Å². The number of aliphatic carboxylic acids is 1. The predicted octanol–water partition coefficient (Wildman–Crippen LogP) is 1.80. The predicted molar refractivity (Wildman–Crippen MR) is 83.1 cm³/mol. The Labute approximate surface area is 128 Å². The molecule has 0 bridgehead atoms. The van der Waals surface area contributed by atoms with Crippen molar-refractivity contribution >= 4 is 29.3 Å². The summed E-state index contributed by atoms with van der Waals surface area (Å²) in [5, 5.41) is 11.4. The summed E-state index contributed by atoms with van der Waals surface area (Å²) in [6.45, 7) is 4.46. The van der Waals surface area contributed by atoms with E-state index in [1.54, 1.807) is 24.5 Å². The number of carboxylic acid groups (broad SMARTS) is 1. The van der Waals surface area contributed by atoms with Gasteiger partial charge >= 0.3 is 5.97 Å². The summed E-state index contributed by atoms with van der Waals surface area (Å²) in [7, 11) is 1.68. The number of amides is 1. The summed E-state index contributed by atoms with van der Waals surface area (Å²) < 4.78 is 0. The molecule has 1 atom stereocenters. The first-order valence-electron chi connectivity index (χ1n) is 6.87. The molecule has 0 saturated carbocycles. The fourth-order valence-corrected chi connectivity index (χ4v) is 3.58. The second-order valence-corrected chi connectivity index (χ2v) is 6.78. The molecule has 2 rings (SSSR count). The van der Waals surface area contributed by atoms with Crippen LogP contribution in [-0.4, -0.2) is 42.0 Å². The Morgan fingerprint density at radius 1 is 1.52 bits per heavy atom. The minimum absolute atomic E-state index is 0.0984. The average molecular weight is 308 g/mol. The van der Waals surface area contributed by atoms with Crippen LogP contribution >= 0.6 is 11.3 Å². The van der Waals surface area contributed by atoms with Gasteiger partial charge in [-0.05, 0) is 38.1 Å². The third kappa shape index (κ3) is 3.92.